The standard InChI is InChI=1S/C12H14F4N2O2/c1-7(17)9-3-2-8(13)4-10(9)20-5-11(19)18-6-12(14,15)16/h2-4,7H,5-6,17H2,1H3,(H,18,19). The van der Waals surface area contributed by atoms with Crippen LogP contribution >= 0.6 is 0 Å². The molecular formula is C12H14F4N2O2. The van der Waals surface area contributed by atoms with Crippen molar-refractivity contribution in [3.63, 3.8) is 0 Å². The smallest absolute Gasteiger partial charge is 0.405 e. The molecule has 1 amide bonds. The zero-order valence-electron chi connectivity index (χ0n) is 10.6. The van der Waals surface area contributed by atoms with Gasteiger partial charge in [-0.1, -0.05) is 6.07 Å². The number of hydrogen-bond acceptors (Lipinski definition) is 3. The highest BCUT2D eigenvalue weighted by Crippen LogP contribution is 2.24. The van der Waals surface area contributed by atoms with Gasteiger partial charge in [-0.2, -0.15) is 13.2 Å². The fourth-order valence-electron chi connectivity index (χ4n) is 1.40. The number of alkyl halides is 3. The van der Waals surface area contributed by atoms with Gasteiger partial charge in [0.05, 0.1) is 0 Å². The van der Waals surface area contributed by atoms with Crippen molar-refractivity contribution in [2.45, 2.75) is 19.1 Å². The first-order valence-electron chi connectivity index (χ1n) is 5.70. The van der Waals surface area contributed by atoms with Gasteiger partial charge in [-0.05, 0) is 13.0 Å². The van der Waals surface area contributed by atoms with E-state index in [1.165, 1.54) is 12.1 Å². The van der Waals surface area contributed by atoms with Crippen molar-refractivity contribution >= 4 is 5.91 Å². The first-order valence-corrected chi connectivity index (χ1v) is 5.70. The normalized spacial score (nSPS) is 12.9. The fraction of sp³-hybridized carbons (Fsp3) is 0.417. The highest BCUT2D eigenvalue weighted by molar-refractivity contribution is 5.77. The summed E-state index contributed by atoms with van der Waals surface area (Å²) >= 11 is 0. The lowest BCUT2D eigenvalue weighted by Gasteiger charge is -2.14. The van der Waals surface area contributed by atoms with Crippen LogP contribution in [0, 0.1) is 5.82 Å². The first kappa shape index (κ1) is 16.2. The van der Waals surface area contributed by atoms with Crippen LogP contribution in [0.2, 0.25) is 0 Å². The van der Waals surface area contributed by atoms with E-state index in [9.17, 15) is 22.4 Å². The molecule has 0 radical (unpaired) electrons. The zero-order chi connectivity index (χ0) is 15.3. The fourth-order valence-corrected chi connectivity index (χ4v) is 1.40. The average Bonchev–Trinajstić information content (AvgIpc) is 2.32. The second kappa shape index (κ2) is 6.56. The minimum absolute atomic E-state index is 0.0298. The molecule has 0 aliphatic heterocycles. The Labute approximate surface area is 112 Å². The molecule has 1 aromatic rings. The van der Waals surface area contributed by atoms with E-state index in [4.69, 9.17) is 10.5 Å². The van der Waals surface area contributed by atoms with Gasteiger partial charge in [-0.25, -0.2) is 4.39 Å². The summed E-state index contributed by atoms with van der Waals surface area (Å²) in [6, 6.07) is 3.12. The van der Waals surface area contributed by atoms with Gasteiger partial charge in [0.1, 0.15) is 18.1 Å². The number of carbonyl (C=O) groups is 1. The summed E-state index contributed by atoms with van der Waals surface area (Å²) in [5.74, 6) is -1.52. The Balaban J connectivity index is 2.61. The molecule has 20 heavy (non-hydrogen) atoms. The highest BCUT2D eigenvalue weighted by atomic mass is 19.4. The number of hydrogen-bond donors (Lipinski definition) is 2. The molecule has 0 saturated heterocycles. The first-order chi connectivity index (χ1) is 9.19. The number of rotatable bonds is 5. The minimum atomic E-state index is -4.49. The maximum absolute atomic E-state index is 13.1. The molecule has 0 fully saturated rings. The molecule has 0 aliphatic rings. The molecule has 1 aromatic carbocycles. The molecule has 1 atom stereocenters. The lowest BCUT2D eigenvalue weighted by molar-refractivity contribution is -0.139. The van der Waals surface area contributed by atoms with Crippen molar-refractivity contribution in [3.8, 4) is 5.75 Å². The van der Waals surface area contributed by atoms with Crippen molar-refractivity contribution in [1.82, 2.24) is 5.32 Å². The topological polar surface area (TPSA) is 64.3 Å². The van der Waals surface area contributed by atoms with Crippen LogP contribution in [0.15, 0.2) is 18.2 Å². The van der Waals surface area contributed by atoms with Crippen LogP contribution < -0.4 is 15.8 Å². The van der Waals surface area contributed by atoms with E-state index in [-0.39, 0.29) is 5.75 Å². The van der Waals surface area contributed by atoms with Crippen molar-refractivity contribution in [3.05, 3.63) is 29.6 Å². The maximum atomic E-state index is 13.1. The largest absolute Gasteiger partial charge is 0.483 e. The summed E-state index contributed by atoms with van der Waals surface area (Å²) in [6.45, 7) is -0.471. The van der Waals surface area contributed by atoms with Gasteiger partial charge in [-0.3, -0.25) is 4.79 Å². The van der Waals surface area contributed by atoms with Gasteiger partial charge in [0, 0.05) is 17.7 Å². The van der Waals surface area contributed by atoms with E-state index < -0.39 is 37.1 Å². The van der Waals surface area contributed by atoms with Crippen LogP contribution in [0.25, 0.3) is 0 Å². The Morgan fingerprint density at radius 3 is 2.65 bits per heavy atom. The van der Waals surface area contributed by atoms with Crippen molar-refractivity contribution in [1.29, 1.82) is 0 Å². The van der Waals surface area contributed by atoms with Crippen LogP contribution in [0.1, 0.15) is 18.5 Å². The molecule has 0 aliphatic carbocycles. The Kier molecular flexibility index (Phi) is 5.32. The van der Waals surface area contributed by atoms with E-state index in [1.54, 1.807) is 12.2 Å². The molecule has 4 nitrogen and oxygen atoms in total. The third-order valence-corrected chi connectivity index (χ3v) is 2.31. The summed E-state index contributed by atoms with van der Waals surface area (Å²) in [6.07, 6.45) is -4.49. The van der Waals surface area contributed by atoms with Crippen LogP contribution in [0.4, 0.5) is 17.6 Å². The molecular weight excluding hydrogens is 280 g/mol. The molecule has 0 saturated carbocycles. The van der Waals surface area contributed by atoms with Gasteiger partial charge >= 0.3 is 6.18 Å². The average molecular weight is 294 g/mol. The Bertz CT molecular complexity index is 475. The lowest BCUT2D eigenvalue weighted by atomic mass is 10.1. The zero-order valence-corrected chi connectivity index (χ0v) is 10.6. The van der Waals surface area contributed by atoms with Crippen LogP contribution in [0.3, 0.4) is 0 Å². The monoisotopic (exact) mass is 294 g/mol. The third kappa shape index (κ3) is 5.43. The number of ether oxygens (including phenoxy) is 1. The van der Waals surface area contributed by atoms with E-state index in [2.05, 4.69) is 0 Å². The number of benzene rings is 1. The molecule has 8 heteroatoms. The Hall–Kier alpha value is -1.83. The van der Waals surface area contributed by atoms with E-state index in [0.717, 1.165) is 6.07 Å². The predicted octanol–water partition coefficient (Wildman–Crippen LogP) is 1.90. The third-order valence-electron chi connectivity index (χ3n) is 2.31. The summed E-state index contributed by atoms with van der Waals surface area (Å²) < 4.78 is 53.7. The Morgan fingerprint density at radius 2 is 2.10 bits per heavy atom. The van der Waals surface area contributed by atoms with E-state index >= 15 is 0 Å². The molecule has 1 rings (SSSR count). The number of nitrogens with one attached hydrogen (secondary N) is 1. The minimum Gasteiger partial charge on any atom is -0.483 e. The molecule has 112 valence electrons. The summed E-state index contributed by atoms with van der Waals surface area (Å²) in [4.78, 5) is 11.2. The van der Waals surface area contributed by atoms with Gasteiger partial charge < -0.3 is 15.8 Å². The predicted molar refractivity (Wildman–Crippen MR) is 63.6 cm³/mol. The van der Waals surface area contributed by atoms with Gasteiger partial charge in [-0.15, -0.1) is 0 Å². The maximum Gasteiger partial charge on any atom is 0.405 e. The second-order valence-electron chi connectivity index (χ2n) is 4.15. The SMILES string of the molecule is CC(N)c1ccc(F)cc1OCC(=O)NCC(F)(F)F. The number of amides is 1. The van der Waals surface area contributed by atoms with Gasteiger partial charge in [0.2, 0.25) is 0 Å². The van der Waals surface area contributed by atoms with E-state index in [0.29, 0.717) is 5.56 Å². The van der Waals surface area contributed by atoms with Crippen LogP contribution in [0.5, 0.6) is 5.75 Å². The van der Waals surface area contributed by atoms with E-state index in [1.807, 2.05) is 0 Å². The molecule has 0 heterocycles. The summed E-state index contributed by atoms with van der Waals surface area (Å²) in [7, 11) is 0. The lowest BCUT2D eigenvalue weighted by Crippen LogP contribution is -2.36. The molecule has 3 N–H and O–H groups in total. The summed E-state index contributed by atoms with van der Waals surface area (Å²) in [5.41, 5.74) is 6.09. The van der Waals surface area contributed by atoms with Crippen LogP contribution in [-0.4, -0.2) is 25.2 Å². The van der Waals surface area contributed by atoms with Crippen molar-refractivity contribution < 1.29 is 27.1 Å². The van der Waals surface area contributed by atoms with Crippen molar-refractivity contribution in [2.24, 2.45) is 5.73 Å². The summed E-state index contributed by atoms with van der Waals surface area (Å²) in [5, 5.41) is 1.64. The van der Waals surface area contributed by atoms with Gasteiger partial charge in [0.15, 0.2) is 6.61 Å². The Morgan fingerprint density at radius 1 is 1.45 bits per heavy atom. The molecule has 0 bridgehead atoms. The second-order valence-corrected chi connectivity index (χ2v) is 4.15. The quantitative estimate of drug-likeness (QED) is 0.815. The number of nitrogens with two attached hydrogens (primary N) is 1. The molecule has 0 spiro atoms. The molecule has 1 unspecified atom stereocenters. The number of carbonyl (C=O) groups excluding carboxylic acids is 1. The molecule has 0 aromatic heterocycles. The number of halogens is 4. The van der Waals surface area contributed by atoms with Crippen LogP contribution in [-0.2, 0) is 4.79 Å². The van der Waals surface area contributed by atoms with Crippen molar-refractivity contribution in [2.75, 3.05) is 13.2 Å². The van der Waals surface area contributed by atoms with Gasteiger partial charge in [0.25, 0.3) is 5.91 Å². The highest BCUT2D eigenvalue weighted by Gasteiger charge is 2.27.